The van der Waals surface area contributed by atoms with Crippen LogP contribution in [0.5, 0.6) is 0 Å². The predicted molar refractivity (Wildman–Crippen MR) is 130 cm³/mol. The molecule has 0 aliphatic carbocycles. The van der Waals surface area contributed by atoms with Gasteiger partial charge in [0.1, 0.15) is 11.8 Å². The molecule has 0 saturated carbocycles. The maximum atomic E-state index is 14.0. The molecule has 0 aliphatic heterocycles. The lowest BCUT2D eigenvalue weighted by Gasteiger charge is -2.16. The van der Waals surface area contributed by atoms with Crippen LogP contribution in [0.3, 0.4) is 0 Å². The fraction of sp³-hybridized carbons (Fsp3) is 0.143. The number of benzene rings is 2. The zero-order chi connectivity index (χ0) is 26.4. The van der Waals surface area contributed by atoms with Crippen molar-refractivity contribution >= 4 is 52.0 Å². The van der Waals surface area contributed by atoms with Gasteiger partial charge >= 0.3 is 11.4 Å². The quantitative estimate of drug-likeness (QED) is 0.304. The molecular weight excluding hydrogens is 535 g/mol. The summed E-state index contributed by atoms with van der Waals surface area (Å²) < 4.78 is 36.3. The molecule has 0 unspecified atom stereocenters. The van der Waals surface area contributed by atoms with Gasteiger partial charge in [-0.3, -0.25) is 9.25 Å². The fourth-order valence-electron chi connectivity index (χ4n) is 3.56. The first kappa shape index (κ1) is 24.4. The van der Waals surface area contributed by atoms with Crippen molar-refractivity contribution in [2.45, 2.75) is 13.1 Å². The maximum absolute atomic E-state index is 14.0. The summed E-state index contributed by atoms with van der Waals surface area (Å²) in [6, 6.07) is 4.87. The first-order valence-electron chi connectivity index (χ1n) is 10.4. The summed E-state index contributed by atoms with van der Waals surface area (Å²) in [5, 5.41) is 6.56. The van der Waals surface area contributed by atoms with Crippen LogP contribution in [0.15, 0.2) is 44.6 Å². The van der Waals surface area contributed by atoms with Crippen LogP contribution in [0.25, 0.3) is 11.1 Å². The average molecular weight is 550 g/mol. The second-order valence-corrected chi connectivity index (χ2v) is 8.67. The van der Waals surface area contributed by atoms with Gasteiger partial charge in [-0.2, -0.15) is 15.1 Å². The minimum Gasteiger partial charge on any atom is -0.424 e. The number of halogens is 4. The van der Waals surface area contributed by atoms with Gasteiger partial charge in [0, 0.05) is 13.1 Å². The van der Waals surface area contributed by atoms with E-state index in [0.717, 1.165) is 21.3 Å². The van der Waals surface area contributed by atoms with Gasteiger partial charge in [0.05, 0.1) is 28.8 Å². The number of hydrogen-bond donors (Lipinski definition) is 2. The van der Waals surface area contributed by atoms with E-state index >= 15 is 0 Å². The molecule has 190 valence electrons. The van der Waals surface area contributed by atoms with Crippen molar-refractivity contribution in [3.8, 4) is 0 Å². The van der Waals surface area contributed by atoms with Crippen LogP contribution in [0, 0.1) is 11.6 Å². The predicted octanol–water partition coefficient (Wildman–Crippen LogP) is 2.68. The molecule has 2 aromatic carbocycles. The van der Waals surface area contributed by atoms with Crippen LogP contribution in [-0.2, 0) is 20.1 Å². The number of rotatable bonds is 6. The topological polar surface area (TPSA) is 152 Å². The molecule has 3 aromatic heterocycles. The summed E-state index contributed by atoms with van der Waals surface area (Å²) in [4.78, 5) is 38.3. The number of nitrogens with zero attached hydrogens (tertiary/aromatic N) is 7. The van der Waals surface area contributed by atoms with Gasteiger partial charge < -0.3 is 15.5 Å². The Morgan fingerprint density at radius 3 is 2.54 bits per heavy atom. The minimum atomic E-state index is -1.23. The third kappa shape index (κ3) is 4.75. The van der Waals surface area contributed by atoms with Crippen LogP contribution in [-0.4, -0.2) is 33.9 Å². The summed E-state index contributed by atoms with van der Waals surface area (Å²) in [5.41, 5.74) is 4.83. The highest BCUT2D eigenvalue weighted by Gasteiger charge is 2.19. The highest BCUT2D eigenvalue weighted by atomic mass is 35.5. The molecule has 5 rings (SSSR count). The number of fused-ring (bicyclic) bond motifs is 1. The van der Waals surface area contributed by atoms with Gasteiger partial charge in [0.25, 0.3) is 6.01 Å². The molecular formula is C21H15Cl2F2N9O3. The molecule has 0 saturated heterocycles. The van der Waals surface area contributed by atoms with E-state index in [1.54, 1.807) is 7.05 Å². The lowest BCUT2D eigenvalue weighted by atomic mass is 10.2. The molecule has 37 heavy (non-hydrogen) atoms. The smallest absolute Gasteiger partial charge is 0.355 e. The second kappa shape index (κ2) is 9.29. The number of hydrogen-bond acceptors (Lipinski definition) is 9. The Bertz CT molecular complexity index is 1770. The normalized spacial score (nSPS) is 11.4. The number of nitrogens with two attached hydrogens (primary N) is 1. The van der Waals surface area contributed by atoms with Crippen LogP contribution in [0.4, 0.5) is 26.4 Å². The third-order valence-corrected chi connectivity index (χ3v) is 5.81. The molecule has 0 aliphatic rings. The van der Waals surface area contributed by atoms with E-state index in [9.17, 15) is 18.4 Å². The number of anilines is 3. The number of nitrogen functional groups attached to an aromatic ring is 1. The van der Waals surface area contributed by atoms with Gasteiger partial charge in [-0.05, 0) is 23.8 Å². The lowest BCUT2D eigenvalue weighted by molar-refractivity contribution is 0.505. The third-order valence-electron chi connectivity index (χ3n) is 5.22. The SMILES string of the molecule is Cn1cnc(Cn2c(=O)nc(Nc3cc4oc(N)nc4cc3Cl)n(Cc3cc(F)c(F)c(Cl)c3)c2=O)n1. The Morgan fingerprint density at radius 2 is 1.84 bits per heavy atom. The van der Waals surface area contributed by atoms with Crippen molar-refractivity contribution in [1.29, 1.82) is 0 Å². The number of aryl methyl sites for hydroxylation is 1. The molecule has 0 spiro atoms. The van der Waals surface area contributed by atoms with Crippen molar-refractivity contribution in [1.82, 2.24) is 33.9 Å². The van der Waals surface area contributed by atoms with Gasteiger partial charge in [0.15, 0.2) is 23.0 Å². The Morgan fingerprint density at radius 1 is 1.05 bits per heavy atom. The second-order valence-electron chi connectivity index (χ2n) is 7.86. The van der Waals surface area contributed by atoms with E-state index in [1.807, 2.05) is 0 Å². The number of oxazole rings is 1. The lowest BCUT2D eigenvalue weighted by Crippen LogP contribution is -2.43. The van der Waals surface area contributed by atoms with Crippen molar-refractivity contribution in [2.75, 3.05) is 11.1 Å². The largest absolute Gasteiger partial charge is 0.424 e. The first-order chi connectivity index (χ1) is 17.6. The molecule has 0 amide bonds. The number of nitrogens with one attached hydrogen (secondary N) is 1. The summed E-state index contributed by atoms with van der Waals surface area (Å²) in [5.74, 6) is -2.50. The highest BCUT2D eigenvalue weighted by Crippen LogP contribution is 2.31. The Kier molecular flexibility index (Phi) is 6.13. The Labute approximate surface area is 214 Å². The molecule has 3 heterocycles. The summed E-state index contributed by atoms with van der Waals surface area (Å²) in [7, 11) is 1.62. The Balaban J connectivity index is 1.63. The first-order valence-corrected chi connectivity index (χ1v) is 11.2. The molecule has 16 heteroatoms. The molecule has 0 atom stereocenters. The van der Waals surface area contributed by atoms with E-state index in [0.29, 0.717) is 5.52 Å². The molecule has 5 aromatic rings. The van der Waals surface area contributed by atoms with Crippen LogP contribution in [0.1, 0.15) is 11.4 Å². The zero-order valence-corrected chi connectivity index (χ0v) is 20.3. The van der Waals surface area contributed by atoms with Crippen LogP contribution in [0.2, 0.25) is 10.0 Å². The number of aromatic nitrogens is 7. The van der Waals surface area contributed by atoms with Gasteiger partial charge in [-0.15, -0.1) is 0 Å². The summed E-state index contributed by atoms with van der Waals surface area (Å²) in [6.07, 6.45) is 1.40. The zero-order valence-electron chi connectivity index (χ0n) is 18.7. The van der Waals surface area contributed by atoms with Crippen LogP contribution >= 0.6 is 23.2 Å². The van der Waals surface area contributed by atoms with Gasteiger partial charge in [-0.1, -0.05) is 23.2 Å². The molecule has 3 N–H and O–H groups in total. The van der Waals surface area contributed by atoms with Crippen molar-refractivity contribution < 1.29 is 13.2 Å². The van der Waals surface area contributed by atoms with E-state index in [-0.39, 0.29) is 52.7 Å². The fourth-order valence-corrected chi connectivity index (χ4v) is 4.00. The van der Waals surface area contributed by atoms with E-state index in [1.165, 1.54) is 23.1 Å². The average Bonchev–Trinajstić information content (AvgIpc) is 3.41. The molecule has 0 bridgehead atoms. The standard InChI is InChI=1S/C21H15Cl2F2N9O3/c1-32-8-27-16(31-32)7-34-20(35)30-19(29-13-5-15-14(4-10(13)22)28-18(26)37-15)33(21(34)36)6-9-2-11(23)17(25)12(24)3-9/h2-5,8H,6-7H2,1H3,(H2,26,28)(H,29,30,35). The highest BCUT2D eigenvalue weighted by molar-refractivity contribution is 6.34. The summed E-state index contributed by atoms with van der Waals surface area (Å²) in [6.45, 7) is -0.621. The Hall–Kier alpha value is -4.30. The summed E-state index contributed by atoms with van der Waals surface area (Å²) >= 11 is 12.1. The van der Waals surface area contributed by atoms with Gasteiger partial charge in [-0.25, -0.2) is 27.9 Å². The van der Waals surface area contributed by atoms with Crippen molar-refractivity contribution in [3.05, 3.63) is 84.6 Å². The molecule has 12 nitrogen and oxygen atoms in total. The minimum absolute atomic E-state index is 0.0841. The van der Waals surface area contributed by atoms with Crippen LogP contribution < -0.4 is 22.4 Å². The molecule has 0 fully saturated rings. The van der Waals surface area contributed by atoms with Crippen molar-refractivity contribution in [2.24, 2.45) is 7.05 Å². The van der Waals surface area contributed by atoms with E-state index in [2.05, 4.69) is 25.4 Å². The van der Waals surface area contributed by atoms with E-state index < -0.39 is 28.0 Å². The van der Waals surface area contributed by atoms with E-state index in [4.69, 9.17) is 33.4 Å². The van der Waals surface area contributed by atoms with Crippen molar-refractivity contribution in [3.63, 3.8) is 0 Å². The molecule has 0 radical (unpaired) electrons. The maximum Gasteiger partial charge on any atom is 0.355 e. The monoisotopic (exact) mass is 549 g/mol. The van der Waals surface area contributed by atoms with Gasteiger partial charge in [0.2, 0.25) is 5.95 Å².